The number of carbonyl (C=O) groups excluding carboxylic acids is 3. The highest BCUT2D eigenvalue weighted by Crippen LogP contribution is 2.38. The monoisotopic (exact) mass is 1510 g/mol. The smallest absolute Gasteiger partial charge is 0.220 e. The molecule has 5 saturated heterocycles. The van der Waals surface area contributed by atoms with Crippen LogP contribution in [0.5, 0.6) is 0 Å². The maximum atomic E-state index is 13.6. The van der Waals surface area contributed by atoms with Crippen molar-refractivity contribution in [3.8, 4) is 0 Å². The van der Waals surface area contributed by atoms with Crippen molar-refractivity contribution in [3.63, 3.8) is 0 Å². The van der Waals surface area contributed by atoms with Crippen molar-refractivity contribution in [2.24, 2.45) is 0 Å². The average molecular weight is 1510 g/mol. The number of hydrogen-bond acceptors (Lipinski definition) is 28. The number of unbranched alkanes of at least 4 members (excludes halogenated alkanes) is 29. The molecule has 27 atom stereocenters. The van der Waals surface area contributed by atoms with E-state index in [1.54, 1.807) is 6.08 Å². The first kappa shape index (κ1) is 92.8. The quantitative estimate of drug-likeness (QED) is 0.0301. The third-order valence-electron chi connectivity index (χ3n) is 20.6. The molecule has 10 unspecified atom stereocenters. The molecular weight excluding hydrogens is 1380 g/mol. The fraction of sp³-hybridized carbons (Fsp3) is 0.932. The molecule has 5 aliphatic heterocycles. The molecule has 5 rings (SSSR count). The van der Waals surface area contributed by atoms with Crippen LogP contribution in [0.15, 0.2) is 12.2 Å². The van der Waals surface area contributed by atoms with Crippen LogP contribution in [0.1, 0.15) is 233 Å². The Hall–Kier alpha value is -2.85. The second kappa shape index (κ2) is 51.7. The van der Waals surface area contributed by atoms with Crippen LogP contribution in [0.25, 0.3) is 0 Å². The number of amides is 3. The van der Waals surface area contributed by atoms with Gasteiger partial charge in [0.1, 0.15) is 122 Å². The van der Waals surface area contributed by atoms with Gasteiger partial charge in [-0.2, -0.15) is 0 Å². The topological polar surface area (TPSA) is 483 Å². The fourth-order valence-corrected chi connectivity index (χ4v) is 14.3. The summed E-state index contributed by atoms with van der Waals surface area (Å²) in [5, 5.41) is 175. The van der Waals surface area contributed by atoms with Crippen LogP contribution in [0.2, 0.25) is 0 Å². The summed E-state index contributed by atoms with van der Waals surface area (Å²) in [6.45, 7) is 1.21. The molecule has 3 amide bonds. The Labute approximate surface area is 620 Å². The SMILES string of the molecule is CCCCCCCCCCCCC/C=C/[C@@H](O)[C@H](CO[C@@H]1OC(CO)[C@@H](O[C@@H]2OC(CO)[C@H](O[C@@H]3OC(CO)[C@H](O)[C@H](O)C3NC(C)=O)[C@H](O[C@H]3OC(CO)[C@H](O)[C@H](O[C@@H]4OC(CO)[C@@H](O)[C@H](O)C4NC(C)=O)C3O)C2O)[C@H](O)C1O)NC(=O)CCCCCCCCCCCCCCCCCCCCC. The highest BCUT2D eigenvalue weighted by molar-refractivity contribution is 5.76. The lowest BCUT2D eigenvalue weighted by Crippen LogP contribution is -2.70. The molecule has 105 heavy (non-hydrogen) atoms. The molecule has 31 nitrogen and oxygen atoms in total. The Bertz CT molecular complexity index is 2340. The zero-order chi connectivity index (χ0) is 76.8. The molecule has 0 bridgehead atoms. The summed E-state index contributed by atoms with van der Waals surface area (Å²) in [7, 11) is 0. The molecule has 5 heterocycles. The first-order chi connectivity index (χ1) is 50.6. The summed E-state index contributed by atoms with van der Waals surface area (Å²) in [4.78, 5) is 38.5. The van der Waals surface area contributed by atoms with Gasteiger partial charge in [-0.1, -0.05) is 206 Å². The maximum absolute atomic E-state index is 13.6. The third-order valence-corrected chi connectivity index (χ3v) is 20.6. The third kappa shape index (κ3) is 30.6. The van der Waals surface area contributed by atoms with E-state index in [9.17, 15) is 91.0 Å². The molecule has 5 aliphatic rings. The standard InChI is InChI=1S/C74H135N3O28/c1-5-7-9-11-13-15-17-19-20-21-22-23-24-26-28-30-32-34-36-38-54(86)77-47(48(85)37-35-33-31-29-27-25-18-16-14-12-10-8-6-2)44-96-72-63(93)62(92)66(52(42-81)100-72)102-74-65(95)69(67(53(43-82)101-74)103-70-55(75-45(3)83)60(90)57(87)49(39-78)97-70)105-73-64(94)68(59(89)51(41-80)99-73)104-71-56(76-46(4)84)61(91)58(88)50(40-79)98-71/h35,37,47-53,55-74,78-82,85,87-95H,5-34,36,38-44H2,1-4H3,(H,75,83)(H,76,84)(H,77,86)/b37-35+/t47-,48+,49?,50?,51?,52?,53?,55?,56?,57-,58+,59-,60+,61+,62+,63?,64?,65?,66+,67-,68-,69+,70-,71-,72+,73+,74-/m0/s1. The fourth-order valence-electron chi connectivity index (χ4n) is 14.3. The number of nitrogens with one attached hydrogen (secondary N) is 3. The van der Waals surface area contributed by atoms with Crippen molar-refractivity contribution in [2.75, 3.05) is 39.6 Å². The van der Waals surface area contributed by atoms with Crippen LogP contribution in [0.4, 0.5) is 0 Å². The first-order valence-electron chi connectivity index (χ1n) is 39.5. The van der Waals surface area contributed by atoms with E-state index in [1.165, 1.54) is 135 Å². The Balaban J connectivity index is 1.29. The van der Waals surface area contributed by atoms with Gasteiger partial charge in [-0.15, -0.1) is 0 Å². The van der Waals surface area contributed by atoms with Gasteiger partial charge in [0.25, 0.3) is 0 Å². The van der Waals surface area contributed by atoms with Crippen molar-refractivity contribution >= 4 is 17.7 Å². The summed E-state index contributed by atoms with van der Waals surface area (Å²) in [6, 6.07) is -4.38. The van der Waals surface area contributed by atoms with E-state index >= 15 is 0 Å². The number of hydrogen-bond donors (Lipinski definition) is 18. The van der Waals surface area contributed by atoms with E-state index in [-0.39, 0.29) is 12.3 Å². The Kier molecular flexibility index (Phi) is 45.6. The van der Waals surface area contributed by atoms with Gasteiger partial charge in [-0.05, 0) is 19.3 Å². The predicted molar refractivity (Wildman–Crippen MR) is 380 cm³/mol. The lowest BCUT2D eigenvalue weighted by molar-refractivity contribution is -0.400. The first-order valence-corrected chi connectivity index (χ1v) is 39.5. The Morgan fingerprint density at radius 2 is 0.714 bits per heavy atom. The summed E-state index contributed by atoms with van der Waals surface area (Å²) >= 11 is 0. The molecule has 18 N–H and O–H groups in total. The molecule has 614 valence electrons. The van der Waals surface area contributed by atoms with Crippen molar-refractivity contribution in [1.82, 2.24) is 16.0 Å². The number of ether oxygens (including phenoxy) is 10. The molecule has 0 saturated carbocycles. The second-order valence-electron chi connectivity index (χ2n) is 29.3. The number of allylic oxidation sites excluding steroid dienone is 1. The normalized spacial score (nSPS) is 34.4. The molecule has 0 spiro atoms. The van der Waals surface area contributed by atoms with Gasteiger partial charge in [-0.25, -0.2) is 0 Å². The summed E-state index contributed by atoms with van der Waals surface area (Å²) in [5.41, 5.74) is 0. The van der Waals surface area contributed by atoms with Crippen LogP contribution in [-0.2, 0) is 61.8 Å². The van der Waals surface area contributed by atoms with Crippen molar-refractivity contribution < 1.29 is 138 Å². The van der Waals surface area contributed by atoms with Gasteiger partial charge in [0.15, 0.2) is 31.5 Å². The Morgan fingerprint density at radius 1 is 0.371 bits per heavy atom. The van der Waals surface area contributed by atoms with Crippen molar-refractivity contribution in [3.05, 3.63) is 12.2 Å². The number of aliphatic hydroxyl groups excluding tert-OH is 15. The van der Waals surface area contributed by atoms with E-state index in [0.29, 0.717) is 12.8 Å². The maximum Gasteiger partial charge on any atom is 0.220 e. The zero-order valence-electron chi connectivity index (χ0n) is 62.6. The second-order valence-corrected chi connectivity index (χ2v) is 29.3. The lowest BCUT2D eigenvalue weighted by Gasteiger charge is -2.51. The molecule has 31 heteroatoms. The number of carbonyl (C=O) groups is 3. The molecule has 0 aliphatic carbocycles. The number of aliphatic hydroxyl groups is 15. The molecule has 0 aromatic carbocycles. The van der Waals surface area contributed by atoms with E-state index < -0.39 is 217 Å². The molecule has 0 radical (unpaired) electrons. The van der Waals surface area contributed by atoms with E-state index in [0.717, 1.165) is 65.2 Å². The van der Waals surface area contributed by atoms with E-state index in [4.69, 9.17) is 47.4 Å². The van der Waals surface area contributed by atoms with Crippen LogP contribution in [-0.4, -0.2) is 300 Å². The van der Waals surface area contributed by atoms with Crippen LogP contribution >= 0.6 is 0 Å². The van der Waals surface area contributed by atoms with Gasteiger partial charge < -0.3 is 140 Å². The van der Waals surface area contributed by atoms with Crippen LogP contribution in [0.3, 0.4) is 0 Å². The highest BCUT2D eigenvalue weighted by atomic mass is 16.8. The predicted octanol–water partition coefficient (Wildman–Crippen LogP) is 1.31. The van der Waals surface area contributed by atoms with Gasteiger partial charge >= 0.3 is 0 Å². The summed E-state index contributed by atoms with van der Waals surface area (Å²) < 4.78 is 60.1. The van der Waals surface area contributed by atoms with Crippen LogP contribution in [0, 0.1) is 0 Å². The molecule has 5 fully saturated rings. The zero-order valence-corrected chi connectivity index (χ0v) is 62.6. The van der Waals surface area contributed by atoms with Gasteiger partial charge in [0, 0.05) is 20.3 Å². The lowest BCUT2D eigenvalue weighted by atomic mass is 9.94. The van der Waals surface area contributed by atoms with E-state index in [2.05, 4.69) is 29.8 Å². The van der Waals surface area contributed by atoms with E-state index in [1.807, 2.05) is 6.08 Å². The minimum absolute atomic E-state index is 0.170. The molecule has 0 aromatic rings. The van der Waals surface area contributed by atoms with Gasteiger partial charge in [0.05, 0.1) is 51.8 Å². The average Bonchev–Trinajstić information content (AvgIpc) is 0.748. The largest absolute Gasteiger partial charge is 0.394 e. The van der Waals surface area contributed by atoms with Gasteiger partial charge in [-0.3, -0.25) is 14.4 Å². The Morgan fingerprint density at radius 3 is 1.14 bits per heavy atom. The van der Waals surface area contributed by atoms with Crippen molar-refractivity contribution in [2.45, 2.75) is 399 Å². The summed E-state index contributed by atoms with van der Waals surface area (Å²) in [6.07, 6.45) is -5.45. The van der Waals surface area contributed by atoms with Crippen LogP contribution < -0.4 is 16.0 Å². The molecule has 0 aromatic heterocycles. The summed E-state index contributed by atoms with van der Waals surface area (Å²) in [5.74, 6) is -1.89. The minimum Gasteiger partial charge on any atom is -0.394 e. The highest BCUT2D eigenvalue weighted by Gasteiger charge is 2.58. The number of rotatable bonds is 53. The minimum atomic E-state index is -2.31. The molecular formula is C74H135N3O28. The van der Waals surface area contributed by atoms with Gasteiger partial charge in [0.2, 0.25) is 17.7 Å². The van der Waals surface area contributed by atoms with Crippen molar-refractivity contribution in [1.29, 1.82) is 0 Å².